The first kappa shape index (κ1) is 11.1. The molecule has 0 spiro atoms. The van der Waals surface area contributed by atoms with Crippen LogP contribution in [0.2, 0.25) is 0 Å². The summed E-state index contributed by atoms with van der Waals surface area (Å²) in [5.41, 5.74) is 0.955. The van der Waals surface area contributed by atoms with Gasteiger partial charge >= 0.3 is 0 Å². The molecule has 0 saturated carbocycles. The fraction of sp³-hybridized carbons (Fsp3) is 0.462. The second-order valence-electron chi connectivity index (χ2n) is 4.59. The van der Waals surface area contributed by atoms with Crippen molar-refractivity contribution in [3.8, 4) is 0 Å². The van der Waals surface area contributed by atoms with Crippen molar-refractivity contribution in [1.82, 2.24) is 5.06 Å². The van der Waals surface area contributed by atoms with Crippen LogP contribution in [0.25, 0.3) is 0 Å². The molecule has 3 nitrogen and oxygen atoms in total. The lowest BCUT2D eigenvalue weighted by Crippen LogP contribution is -2.26. The number of benzene rings is 1. The Kier molecular flexibility index (Phi) is 2.97. The average Bonchev–Trinajstić information content (AvgIpc) is 2.53. The molecule has 2 rings (SSSR count). The summed E-state index contributed by atoms with van der Waals surface area (Å²) in [5, 5.41) is 1.35. The number of hydrogen-bond acceptors (Lipinski definition) is 2. The zero-order valence-corrected chi connectivity index (χ0v) is 9.77. The summed E-state index contributed by atoms with van der Waals surface area (Å²) in [7, 11) is 1.68. The van der Waals surface area contributed by atoms with E-state index in [0.717, 1.165) is 12.8 Å². The molecule has 1 aromatic rings. The minimum absolute atomic E-state index is 0.0653. The van der Waals surface area contributed by atoms with Gasteiger partial charge in [0.1, 0.15) is 5.60 Å². The van der Waals surface area contributed by atoms with Gasteiger partial charge in [0.25, 0.3) is 0 Å². The van der Waals surface area contributed by atoms with Crippen LogP contribution in [-0.2, 0) is 16.1 Å². The van der Waals surface area contributed by atoms with Crippen LogP contribution in [0.5, 0.6) is 0 Å². The van der Waals surface area contributed by atoms with Gasteiger partial charge in [-0.25, -0.2) is 5.06 Å². The molecule has 0 bridgehead atoms. The minimum Gasteiger partial charge on any atom is -0.272 e. The maximum absolute atomic E-state index is 11.4. The summed E-state index contributed by atoms with van der Waals surface area (Å²) < 4.78 is 0. The van der Waals surface area contributed by atoms with Gasteiger partial charge < -0.3 is 0 Å². The van der Waals surface area contributed by atoms with Gasteiger partial charge in [0, 0.05) is 7.05 Å². The van der Waals surface area contributed by atoms with Gasteiger partial charge in [0.15, 0.2) is 0 Å². The molecular formula is C13H17NO2. The third-order valence-corrected chi connectivity index (χ3v) is 3.02. The first-order chi connectivity index (χ1) is 7.59. The van der Waals surface area contributed by atoms with Crippen molar-refractivity contribution in [2.24, 2.45) is 0 Å². The van der Waals surface area contributed by atoms with Crippen LogP contribution >= 0.6 is 0 Å². The Balaban J connectivity index is 1.94. The molecule has 1 fully saturated rings. The van der Waals surface area contributed by atoms with Gasteiger partial charge in [-0.05, 0) is 25.3 Å². The normalized spacial score (nSPS) is 25.1. The minimum atomic E-state index is -0.332. The summed E-state index contributed by atoms with van der Waals surface area (Å²) in [6.45, 7) is 2.00. The molecule has 1 saturated heterocycles. The third kappa shape index (κ3) is 2.42. The Morgan fingerprint density at radius 1 is 1.38 bits per heavy atom. The smallest absolute Gasteiger partial charge is 0.248 e. The molecule has 1 aliphatic rings. The van der Waals surface area contributed by atoms with Gasteiger partial charge in [-0.1, -0.05) is 30.3 Å². The third-order valence-electron chi connectivity index (χ3n) is 3.02. The summed E-state index contributed by atoms with van der Waals surface area (Å²) in [6.07, 6.45) is 2.29. The molecule has 1 heterocycles. The predicted octanol–water partition coefficient (Wildman–Crippen LogP) is 2.17. The van der Waals surface area contributed by atoms with Crippen LogP contribution in [0.1, 0.15) is 25.3 Å². The number of carbonyl (C=O) groups is 1. The molecule has 3 heteroatoms. The van der Waals surface area contributed by atoms with Crippen LogP contribution < -0.4 is 0 Å². The molecule has 1 amide bonds. The van der Waals surface area contributed by atoms with Crippen LogP contribution in [0.3, 0.4) is 0 Å². The molecule has 1 unspecified atom stereocenters. The van der Waals surface area contributed by atoms with E-state index < -0.39 is 0 Å². The molecular weight excluding hydrogens is 202 g/mol. The van der Waals surface area contributed by atoms with Crippen LogP contribution in [-0.4, -0.2) is 23.6 Å². The maximum atomic E-state index is 11.4. The molecule has 1 atom stereocenters. The van der Waals surface area contributed by atoms with E-state index in [9.17, 15) is 4.79 Å². The Morgan fingerprint density at radius 2 is 2.06 bits per heavy atom. The van der Waals surface area contributed by atoms with Crippen molar-refractivity contribution < 1.29 is 9.63 Å². The van der Waals surface area contributed by atoms with Crippen LogP contribution in [0.4, 0.5) is 0 Å². The van der Waals surface area contributed by atoms with E-state index >= 15 is 0 Å². The first-order valence-electron chi connectivity index (χ1n) is 5.59. The number of nitrogens with zero attached hydrogens (tertiary/aromatic N) is 1. The highest BCUT2D eigenvalue weighted by Crippen LogP contribution is 2.29. The highest BCUT2D eigenvalue weighted by atomic mass is 16.7. The molecule has 1 aromatic carbocycles. The molecule has 1 aliphatic heterocycles. The standard InChI is InChI=1S/C13H17NO2/c1-13(10-12(15)14(2)16-13)9-8-11-6-4-3-5-7-11/h3-7H,8-10H2,1-2H3. The fourth-order valence-electron chi connectivity index (χ4n) is 2.03. The number of aryl methyl sites for hydroxylation is 1. The topological polar surface area (TPSA) is 29.5 Å². The van der Waals surface area contributed by atoms with E-state index in [1.807, 2.05) is 25.1 Å². The van der Waals surface area contributed by atoms with Gasteiger partial charge in [0.05, 0.1) is 6.42 Å². The number of rotatable bonds is 3. The summed E-state index contributed by atoms with van der Waals surface area (Å²) >= 11 is 0. The van der Waals surface area contributed by atoms with Gasteiger partial charge in [-0.2, -0.15) is 0 Å². The molecule has 0 aromatic heterocycles. The van der Waals surface area contributed by atoms with Crippen LogP contribution in [0.15, 0.2) is 30.3 Å². The zero-order valence-electron chi connectivity index (χ0n) is 9.77. The fourth-order valence-corrected chi connectivity index (χ4v) is 2.03. The number of carbonyl (C=O) groups excluding carboxylic acids is 1. The van der Waals surface area contributed by atoms with Crippen molar-refractivity contribution in [2.45, 2.75) is 31.8 Å². The van der Waals surface area contributed by atoms with Gasteiger partial charge in [0.2, 0.25) is 5.91 Å². The SMILES string of the molecule is CN1OC(C)(CCc2ccccc2)CC1=O. The second kappa shape index (κ2) is 4.26. The number of hydrogen-bond donors (Lipinski definition) is 0. The average molecular weight is 219 g/mol. The monoisotopic (exact) mass is 219 g/mol. The van der Waals surface area contributed by atoms with Crippen molar-refractivity contribution in [3.05, 3.63) is 35.9 Å². The Morgan fingerprint density at radius 3 is 2.62 bits per heavy atom. The highest BCUT2D eigenvalue weighted by Gasteiger charge is 2.38. The van der Waals surface area contributed by atoms with E-state index in [-0.39, 0.29) is 11.5 Å². The van der Waals surface area contributed by atoms with E-state index in [4.69, 9.17) is 4.84 Å². The molecule has 0 radical (unpaired) electrons. The lowest BCUT2D eigenvalue weighted by Gasteiger charge is -2.22. The van der Waals surface area contributed by atoms with Crippen molar-refractivity contribution in [1.29, 1.82) is 0 Å². The van der Waals surface area contributed by atoms with E-state index in [1.54, 1.807) is 7.05 Å². The lowest BCUT2D eigenvalue weighted by molar-refractivity contribution is -0.185. The number of amides is 1. The molecule has 16 heavy (non-hydrogen) atoms. The lowest BCUT2D eigenvalue weighted by atomic mass is 9.94. The highest BCUT2D eigenvalue weighted by molar-refractivity contribution is 5.77. The van der Waals surface area contributed by atoms with Crippen LogP contribution in [0, 0.1) is 0 Å². The molecule has 0 aliphatic carbocycles. The molecule has 86 valence electrons. The largest absolute Gasteiger partial charge is 0.272 e. The Hall–Kier alpha value is -1.35. The predicted molar refractivity (Wildman–Crippen MR) is 61.6 cm³/mol. The Bertz CT molecular complexity index is 377. The summed E-state index contributed by atoms with van der Waals surface area (Å²) in [5.74, 6) is 0.0653. The van der Waals surface area contributed by atoms with E-state index in [1.165, 1.54) is 10.6 Å². The Labute approximate surface area is 96.0 Å². The van der Waals surface area contributed by atoms with Gasteiger partial charge in [-0.15, -0.1) is 0 Å². The molecule has 0 N–H and O–H groups in total. The summed E-state index contributed by atoms with van der Waals surface area (Å²) in [6, 6.07) is 10.3. The second-order valence-corrected chi connectivity index (χ2v) is 4.59. The van der Waals surface area contributed by atoms with Gasteiger partial charge in [-0.3, -0.25) is 9.63 Å². The maximum Gasteiger partial charge on any atom is 0.248 e. The number of hydroxylamine groups is 2. The summed E-state index contributed by atoms with van der Waals surface area (Å²) in [4.78, 5) is 17.0. The first-order valence-corrected chi connectivity index (χ1v) is 5.59. The van der Waals surface area contributed by atoms with E-state index in [0.29, 0.717) is 6.42 Å². The van der Waals surface area contributed by atoms with E-state index in [2.05, 4.69) is 12.1 Å². The van der Waals surface area contributed by atoms with Crippen molar-refractivity contribution in [2.75, 3.05) is 7.05 Å². The zero-order chi connectivity index (χ0) is 11.6. The van der Waals surface area contributed by atoms with Crippen molar-refractivity contribution in [3.63, 3.8) is 0 Å². The quantitative estimate of drug-likeness (QED) is 0.779. The van der Waals surface area contributed by atoms with Crippen molar-refractivity contribution >= 4 is 5.91 Å².